The predicted octanol–water partition coefficient (Wildman–Crippen LogP) is 1.44. The lowest BCUT2D eigenvalue weighted by atomic mass is 9.81. The van der Waals surface area contributed by atoms with Crippen LogP contribution >= 0.6 is 0 Å². The highest BCUT2D eigenvalue weighted by atomic mass is 16.5. The Hall–Kier alpha value is -0.120. The quantitative estimate of drug-likeness (QED) is 0.726. The van der Waals surface area contributed by atoms with E-state index in [4.69, 9.17) is 10.5 Å². The zero-order valence-corrected chi connectivity index (χ0v) is 9.45. The summed E-state index contributed by atoms with van der Waals surface area (Å²) in [7, 11) is 0. The maximum absolute atomic E-state index is 9.21. The molecule has 0 radical (unpaired) electrons. The van der Waals surface area contributed by atoms with Gasteiger partial charge < -0.3 is 15.6 Å². The highest BCUT2D eigenvalue weighted by Gasteiger charge is 2.32. The largest absolute Gasteiger partial charge is 0.394 e. The number of ether oxygens (including phenoxy) is 1. The standard InChI is InChI=1S/C12H23NO2/c13-12(9-14)6-1-2-11(8-12)15-7-5-10-3-4-10/h10-11,14H,1-9,13H2. The van der Waals surface area contributed by atoms with Crippen LogP contribution in [0.15, 0.2) is 0 Å². The highest BCUT2D eigenvalue weighted by molar-refractivity contribution is 4.90. The number of nitrogens with two attached hydrogens (primary N) is 1. The zero-order chi connectivity index (χ0) is 10.7. The molecule has 0 aromatic carbocycles. The normalized spacial score (nSPS) is 36.8. The molecule has 0 bridgehead atoms. The SMILES string of the molecule is NC1(CO)CCCC(OCCC2CC2)C1. The van der Waals surface area contributed by atoms with E-state index in [1.54, 1.807) is 0 Å². The van der Waals surface area contributed by atoms with Crippen LogP contribution in [0.4, 0.5) is 0 Å². The lowest BCUT2D eigenvalue weighted by Crippen LogP contribution is -2.49. The molecule has 88 valence electrons. The van der Waals surface area contributed by atoms with Gasteiger partial charge in [-0.25, -0.2) is 0 Å². The third kappa shape index (κ3) is 3.44. The Morgan fingerprint density at radius 2 is 2.13 bits per heavy atom. The van der Waals surface area contributed by atoms with Crippen molar-refractivity contribution in [2.45, 2.75) is 56.6 Å². The van der Waals surface area contributed by atoms with E-state index in [-0.39, 0.29) is 18.2 Å². The lowest BCUT2D eigenvalue weighted by Gasteiger charge is -2.36. The second-order valence-corrected chi connectivity index (χ2v) is 5.34. The summed E-state index contributed by atoms with van der Waals surface area (Å²) in [4.78, 5) is 0. The molecule has 2 unspecified atom stereocenters. The van der Waals surface area contributed by atoms with Gasteiger partial charge in [0.05, 0.1) is 12.7 Å². The molecule has 0 amide bonds. The molecule has 0 saturated heterocycles. The van der Waals surface area contributed by atoms with E-state index in [1.807, 2.05) is 0 Å². The molecule has 2 fully saturated rings. The smallest absolute Gasteiger partial charge is 0.0612 e. The van der Waals surface area contributed by atoms with Gasteiger partial charge in [0.15, 0.2) is 0 Å². The molecule has 2 atom stereocenters. The van der Waals surface area contributed by atoms with E-state index in [1.165, 1.54) is 19.3 Å². The van der Waals surface area contributed by atoms with E-state index in [2.05, 4.69) is 0 Å². The summed E-state index contributed by atoms with van der Waals surface area (Å²) in [6, 6.07) is 0. The lowest BCUT2D eigenvalue weighted by molar-refractivity contribution is -0.00743. The van der Waals surface area contributed by atoms with E-state index < -0.39 is 0 Å². The van der Waals surface area contributed by atoms with E-state index >= 15 is 0 Å². The topological polar surface area (TPSA) is 55.5 Å². The predicted molar refractivity (Wildman–Crippen MR) is 59.6 cm³/mol. The van der Waals surface area contributed by atoms with Crippen LogP contribution in [0.1, 0.15) is 44.9 Å². The zero-order valence-electron chi connectivity index (χ0n) is 9.45. The van der Waals surface area contributed by atoms with Crippen molar-refractivity contribution in [1.82, 2.24) is 0 Å². The van der Waals surface area contributed by atoms with Crippen LogP contribution < -0.4 is 5.73 Å². The van der Waals surface area contributed by atoms with Crippen LogP contribution in [-0.2, 0) is 4.74 Å². The fourth-order valence-electron chi connectivity index (χ4n) is 2.43. The number of hydrogen-bond donors (Lipinski definition) is 2. The molecule has 2 rings (SSSR count). The second-order valence-electron chi connectivity index (χ2n) is 5.34. The van der Waals surface area contributed by atoms with Gasteiger partial charge in [-0.2, -0.15) is 0 Å². The maximum Gasteiger partial charge on any atom is 0.0612 e. The molecule has 2 saturated carbocycles. The summed E-state index contributed by atoms with van der Waals surface area (Å²) < 4.78 is 5.84. The molecule has 0 heterocycles. The average molecular weight is 213 g/mol. The molecule has 0 aromatic heterocycles. The highest BCUT2D eigenvalue weighted by Crippen LogP contribution is 2.33. The van der Waals surface area contributed by atoms with Crippen molar-refractivity contribution in [3.05, 3.63) is 0 Å². The third-order valence-corrected chi connectivity index (χ3v) is 3.73. The Labute approximate surface area is 92.0 Å². The monoisotopic (exact) mass is 213 g/mol. The molecular weight excluding hydrogens is 190 g/mol. The van der Waals surface area contributed by atoms with Gasteiger partial charge >= 0.3 is 0 Å². The molecule has 0 aliphatic heterocycles. The first-order valence-electron chi connectivity index (χ1n) is 6.23. The summed E-state index contributed by atoms with van der Waals surface area (Å²) in [5, 5.41) is 9.21. The number of aliphatic hydroxyl groups excluding tert-OH is 1. The van der Waals surface area contributed by atoms with Gasteiger partial charge in [-0.05, 0) is 38.0 Å². The molecule has 0 aromatic rings. The first kappa shape index (κ1) is 11.4. The summed E-state index contributed by atoms with van der Waals surface area (Å²) >= 11 is 0. The van der Waals surface area contributed by atoms with Crippen molar-refractivity contribution < 1.29 is 9.84 Å². The molecule has 3 nitrogen and oxygen atoms in total. The van der Waals surface area contributed by atoms with Gasteiger partial charge in [0.1, 0.15) is 0 Å². The van der Waals surface area contributed by atoms with E-state index in [0.717, 1.165) is 38.2 Å². The van der Waals surface area contributed by atoms with Gasteiger partial charge in [-0.1, -0.05) is 12.8 Å². The minimum Gasteiger partial charge on any atom is -0.394 e. The van der Waals surface area contributed by atoms with Crippen molar-refractivity contribution in [3.63, 3.8) is 0 Å². The van der Waals surface area contributed by atoms with Crippen LogP contribution in [0.2, 0.25) is 0 Å². The molecule has 15 heavy (non-hydrogen) atoms. The van der Waals surface area contributed by atoms with Gasteiger partial charge in [0.25, 0.3) is 0 Å². The summed E-state index contributed by atoms with van der Waals surface area (Å²) in [5.74, 6) is 0.939. The first-order chi connectivity index (χ1) is 7.22. The summed E-state index contributed by atoms with van der Waals surface area (Å²) in [6.07, 6.45) is 8.26. The van der Waals surface area contributed by atoms with Crippen molar-refractivity contribution in [3.8, 4) is 0 Å². The van der Waals surface area contributed by atoms with E-state index in [9.17, 15) is 5.11 Å². The van der Waals surface area contributed by atoms with E-state index in [0.29, 0.717) is 0 Å². The number of hydrogen-bond acceptors (Lipinski definition) is 3. The van der Waals surface area contributed by atoms with Crippen molar-refractivity contribution in [2.24, 2.45) is 11.7 Å². The Kier molecular flexibility index (Phi) is 3.65. The Balaban J connectivity index is 1.67. The van der Waals surface area contributed by atoms with Crippen molar-refractivity contribution in [2.75, 3.05) is 13.2 Å². The fourth-order valence-corrected chi connectivity index (χ4v) is 2.43. The number of aliphatic hydroxyl groups is 1. The fraction of sp³-hybridized carbons (Fsp3) is 1.00. The van der Waals surface area contributed by atoms with Crippen LogP contribution in [0.25, 0.3) is 0 Å². The van der Waals surface area contributed by atoms with Gasteiger partial charge in [-0.3, -0.25) is 0 Å². The average Bonchev–Trinajstić information content (AvgIpc) is 3.02. The summed E-state index contributed by atoms with van der Waals surface area (Å²) in [6.45, 7) is 0.978. The van der Waals surface area contributed by atoms with Gasteiger partial charge in [0, 0.05) is 12.1 Å². The van der Waals surface area contributed by atoms with Crippen LogP contribution in [0, 0.1) is 5.92 Å². The second kappa shape index (κ2) is 4.81. The van der Waals surface area contributed by atoms with Crippen LogP contribution in [0.5, 0.6) is 0 Å². The molecule has 3 N–H and O–H groups in total. The Morgan fingerprint density at radius 1 is 1.33 bits per heavy atom. The van der Waals surface area contributed by atoms with Crippen molar-refractivity contribution in [1.29, 1.82) is 0 Å². The Bertz CT molecular complexity index is 206. The van der Waals surface area contributed by atoms with Gasteiger partial charge in [-0.15, -0.1) is 0 Å². The summed E-state index contributed by atoms with van der Waals surface area (Å²) in [5.41, 5.74) is 5.69. The maximum atomic E-state index is 9.21. The molecule has 2 aliphatic rings. The molecule has 0 spiro atoms. The molecule has 3 heteroatoms. The minimum absolute atomic E-state index is 0.0927. The number of rotatable bonds is 5. The van der Waals surface area contributed by atoms with Crippen molar-refractivity contribution >= 4 is 0 Å². The first-order valence-corrected chi connectivity index (χ1v) is 6.23. The Morgan fingerprint density at radius 3 is 2.80 bits per heavy atom. The van der Waals surface area contributed by atoms with Gasteiger partial charge in [0.2, 0.25) is 0 Å². The molecular formula is C12H23NO2. The van der Waals surface area contributed by atoms with Crippen LogP contribution in [-0.4, -0.2) is 30.0 Å². The van der Waals surface area contributed by atoms with Crippen LogP contribution in [0.3, 0.4) is 0 Å². The minimum atomic E-state index is -0.373. The molecule has 2 aliphatic carbocycles. The third-order valence-electron chi connectivity index (χ3n) is 3.73.